The van der Waals surface area contributed by atoms with Gasteiger partial charge in [-0.1, -0.05) is 154 Å². The lowest BCUT2D eigenvalue weighted by Gasteiger charge is -2.22. The van der Waals surface area contributed by atoms with Crippen molar-refractivity contribution in [3.8, 4) is 0 Å². The lowest BCUT2D eigenvalue weighted by molar-refractivity contribution is -0.118. The average molecular weight is 769 g/mol. The van der Waals surface area contributed by atoms with Gasteiger partial charge < -0.3 is 10.4 Å². The van der Waals surface area contributed by atoms with Gasteiger partial charge in [-0.2, -0.15) is 10.1 Å². The van der Waals surface area contributed by atoms with Crippen molar-refractivity contribution in [2.45, 2.75) is 103 Å². The molecule has 2 amide bonds. The van der Waals surface area contributed by atoms with Crippen molar-refractivity contribution in [1.29, 1.82) is 0 Å². The molecule has 0 radical (unpaired) electrons. The molecule has 0 spiro atoms. The van der Waals surface area contributed by atoms with E-state index in [0.29, 0.717) is 32.7 Å². The number of benzene rings is 3. The maximum atomic E-state index is 14.4. The van der Waals surface area contributed by atoms with Crippen LogP contribution < -0.4 is 15.6 Å². The summed E-state index contributed by atoms with van der Waals surface area (Å²) in [5.74, 6) is -1.32. The van der Waals surface area contributed by atoms with E-state index in [4.69, 9.17) is 58.0 Å². The molecule has 3 N–H and O–H groups in total. The second-order valence-corrected chi connectivity index (χ2v) is 14.4. The summed E-state index contributed by atoms with van der Waals surface area (Å²) in [6.45, 7) is 2.25. The quantitative estimate of drug-likeness (QED) is 0.112. The zero-order valence-corrected chi connectivity index (χ0v) is 31.4. The number of nitrogens with zero attached hydrogens (tertiary/aromatic N) is 2. The minimum absolute atomic E-state index is 0.128. The average Bonchev–Trinajstić information content (AvgIpc) is 3.34. The second-order valence-electron chi connectivity index (χ2n) is 12.3. The maximum absolute atomic E-state index is 14.4. The molecule has 1 heterocycles. The lowest BCUT2D eigenvalue weighted by Crippen LogP contribution is -2.30. The third-order valence-electron chi connectivity index (χ3n) is 8.60. The molecular weight excluding hydrogens is 726 g/mol. The Balaban J connectivity index is 1.55. The zero-order chi connectivity index (χ0) is 35.3. The van der Waals surface area contributed by atoms with Gasteiger partial charge in [0.2, 0.25) is 0 Å². The predicted molar refractivity (Wildman–Crippen MR) is 207 cm³/mol. The molecule has 49 heavy (non-hydrogen) atoms. The Hall–Kier alpha value is -2.68. The van der Waals surface area contributed by atoms with E-state index < -0.39 is 17.9 Å². The number of rotatable bonds is 18. The summed E-state index contributed by atoms with van der Waals surface area (Å²) >= 11 is 31.9. The van der Waals surface area contributed by atoms with Crippen molar-refractivity contribution in [3.05, 3.63) is 84.8 Å². The summed E-state index contributed by atoms with van der Waals surface area (Å²) in [4.78, 5) is 26.3. The summed E-state index contributed by atoms with van der Waals surface area (Å²) in [5.41, 5.74) is 2.22. The van der Waals surface area contributed by atoms with E-state index >= 15 is 0 Å². The molecule has 0 saturated carbocycles. The first-order valence-electron chi connectivity index (χ1n) is 17.0. The van der Waals surface area contributed by atoms with E-state index in [2.05, 4.69) is 22.7 Å². The molecule has 3 aromatic rings. The van der Waals surface area contributed by atoms with Crippen LogP contribution >= 0.6 is 58.0 Å². The highest BCUT2D eigenvalue weighted by molar-refractivity contribution is 6.43. The fraction of sp³-hybridized carbons (Fsp3) is 0.432. The fourth-order valence-corrected chi connectivity index (χ4v) is 7.60. The van der Waals surface area contributed by atoms with Gasteiger partial charge in [-0.3, -0.25) is 10.1 Å². The number of amidine groups is 1. The minimum atomic E-state index is -1.25. The normalized spacial score (nSPS) is 14.3. The number of carbonyl (C=O) groups is 2. The van der Waals surface area contributed by atoms with E-state index in [1.807, 2.05) is 6.07 Å². The molecular formula is C37H43Cl5N4O3. The van der Waals surface area contributed by atoms with Gasteiger partial charge in [-0.25, -0.2) is 4.79 Å². The number of anilines is 3. The Bertz CT molecular complexity index is 1610. The van der Waals surface area contributed by atoms with Crippen LogP contribution in [-0.4, -0.2) is 22.9 Å². The van der Waals surface area contributed by atoms with Crippen LogP contribution in [0.4, 0.5) is 21.9 Å². The van der Waals surface area contributed by atoms with Crippen LogP contribution in [-0.2, 0) is 11.2 Å². The van der Waals surface area contributed by atoms with Crippen molar-refractivity contribution < 1.29 is 14.7 Å². The topological polar surface area (TPSA) is 94.0 Å². The number of hydrogen-bond donors (Lipinski definition) is 3. The molecule has 264 valence electrons. The molecule has 12 heteroatoms. The molecule has 1 unspecified atom stereocenters. The number of hydrazone groups is 1. The largest absolute Gasteiger partial charge is 0.465 e. The van der Waals surface area contributed by atoms with Gasteiger partial charge in [0.1, 0.15) is 17.4 Å². The Morgan fingerprint density at radius 2 is 1.33 bits per heavy atom. The lowest BCUT2D eigenvalue weighted by atomic mass is 9.88. The van der Waals surface area contributed by atoms with E-state index in [-0.39, 0.29) is 27.3 Å². The summed E-state index contributed by atoms with van der Waals surface area (Å²) in [5, 5.41) is 22.5. The summed E-state index contributed by atoms with van der Waals surface area (Å²) in [7, 11) is 0. The number of halogens is 5. The monoisotopic (exact) mass is 766 g/mol. The molecule has 0 aromatic heterocycles. The van der Waals surface area contributed by atoms with Gasteiger partial charge in [-0.05, 0) is 60.4 Å². The van der Waals surface area contributed by atoms with Crippen molar-refractivity contribution in [2.75, 3.05) is 15.6 Å². The predicted octanol–water partition coefficient (Wildman–Crippen LogP) is 13.2. The Morgan fingerprint density at radius 1 is 0.755 bits per heavy atom. The first-order valence-corrected chi connectivity index (χ1v) is 18.9. The van der Waals surface area contributed by atoms with Crippen LogP contribution in [0.3, 0.4) is 0 Å². The standard InChI is InChI=1S/C37H43Cl5N4O3/c1-2-3-4-5-6-7-8-9-10-11-12-13-14-16-24-17-15-18-31(44-37(48)49)32(24)33-35(43-30-20-19-25(38)21-27(30)40)45-46(36(33)47)34-28(41)22-26(39)23-29(34)42/h15,17-23,33,44H,2-14,16H2,1H3,(H,43,45)(H,48,49). The van der Waals surface area contributed by atoms with Crippen LogP contribution in [0, 0.1) is 0 Å². The Kier molecular flexibility index (Phi) is 15.7. The number of carboxylic acid groups (broad SMARTS) is 1. The Morgan fingerprint density at radius 3 is 1.90 bits per heavy atom. The van der Waals surface area contributed by atoms with Gasteiger partial charge in [0.05, 0.1) is 20.8 Å². The number of nitrogens with one attached hydrogen (secondary N) is 2. The number of carbonyl (C=O) groups excluding carboxylic acids is 1. The van der Waals surface area contributed by atoms with E-state index in [0.717, 1.165) is 29.8 Å². The molecule has 0 saturated heterocycles. The summed E-state index contributed by atoms with van der Waals surface area (Å²) < 4.78 is 0. The van der Waals surface area contributed by atoms with Gasteiger partial charge in [0, 0.05) is 15.7 Å². The molecule has 1 aliphatic heterocycles. The molecule has 3 aromatic carbocycles. The minimum Gasteiger partial charge on any atom is -0.465 e. The molecule has 0 fully saturated rings. The molecule has 0 aliphatic carbocycles. The van der Waals surface area contributed by atoms with Crippen LogP contribution in [0.25, 0.3) is 0 Å². The molecule has 1 atom stereocenters. The van der Waals surface area contributed by atoms with Crippen LogP contribution in [0.5, 0.6) is 0 Å². The van der Waals surface area contributed by atoms with Gasteiger partial charge >= 0.3 is 6.09 Å². The maximum Gasteiger partial charge on any atom is 0.409 e. The molecule has 4 rings (SSSR count). The highest BCUT2D eigenvalue weighted by Gasteiger charge is 2.42. The van der Waals surface area contributed by atoms with Gasteiger partial charge in [0.25, 0.3) is 5.91 Å². The van der Waals surface area contributed by atoms with Crippen LogP contribution in [0.2, 0.25) is 25.1 Å². The number of aryl methyl sites for hydroxylation is 1. The van der Waals surface area contributed by atoms with Crippen molar-refractivity contribution >= 4 is 92.9 Å². The third kappa shape index (κ3) is 11.2. The zero-order valence-electron chi connectivity index (χ0n) is 27.6. The first kappa shape index (κ1) is 39.1. The van der Waals surface area contributed by atoms with Crippen molar-refractivity contribution in [1.82, 2.24) is 0 Å². The number of hydrogen-bond acceptors (Lipinski definition) is 4. The van der Waals surface area contributed by atoms with E-state index in [1.54, 1.807) is 30.3 Å². The highest BCUT2D eigenvalue weighted by atomic mass is 35.5. The van der Waals surface area contributed by atoms with E-state index in [9.17, 15) is 14.7 Å². The number of amides is 2. The Labute approximate surface area is 314 Å². The fourth-order valence-electron chi connectivity index (χ4n) is 6.17. The van der Waals surface area contributed by atoms with Crippen molar-refractivity contribution in [3.63, 3.8) is 0 Å². The molecule has 1 aliphatic rings. The van der Waals surface area contributed by atoms with Crippen LogP contribution in [0.1, 0.15) is 107 Å². The summed E-state index contributed by atoms with van der Waals surface area (Å²) in [6.07, 6.45) is 15.4. The second kappa shape index (κ2) is 19.6. The van der Waals surface area contributed by atoms with Crippen molar-refractivity contribution in [2.24, 2.45) is 5.10 Å². The summed E-state index contributed by atoms with van der Waals surface area (Å²) in [6, 6.07) is 13.2. The molecule has 7 nitrogen and oxygen atoms in total. The third-order valence-corrected chi connectivity index (χ3v) is 9.94. The number of unbranched alkanes of at least 4 members (excludes halogenated alkanes) is 12. The van der Waals surface area contributed by atoms with Gasteiger partial charge in [-0.15, -0.1) is 0 Å². The SMILES string of the molecule is CCCCCCCCCCCCCCCc1cccc(NC(=O)O)c1C1C(=O)N(c2c(Cl)cc(Cl)cc2Cl)N=C1Nc1ccc(Cl)cc1Cl. The van der Waals surface area contributed by atoms with Crippen LogP contribution in [0.15, 0.2) is 53.6 Å². The first-order chi connectivity index (χ1) is 23.6. The van der Waals surface area contributed by atoms with E-state index in [1.165, 1.54) is 76.3 Å². The van der Waals surface area contributed by atoms with Gasteiger partial charge in [0.15, 0.2) is 0 Å². The highest BCUT2D eigenvalue weighted by Crippen LogP contribution is 2.43. The molecule has 0 bridgehead atoms. The smallest absolute Gasteiger partial charge is 0.409 e.